The number of carbonyl (C=O) groups is 5. The number of aliphatic hydroxyl groups is 2. The van der Waals surface area contributed by atoms with Gasteiger partial charge in [-0.2, -0.15) is 21.6 Å². The number of rotatable bonds is 8. The number of fused-ring (bicyclic) bond motifs is 3. The zero-order valence-electron chi connectivity index (χ0n) is 43.1. The van der Waals surface area contributed by atoms with Crippen LogP contribution in [0, 0.1) is 29.6 Å². The summed E-state index contributed by atoms with van der Waals surface area (Å²) in [5.74, 6) is -9.33. The highest BCUT2D eigenvalue weighted by molar-refractivity contribution is 7.87. The van der Waals surface area contributed by atoms with Gasteiger partial charge in [-0.25, -0.2) is 4.79 Å². The average molecular weight is 1040 g/mol. The second-order valence-electron chi connectivity index (χ2n) is 20.2. The number of cyclic esters (lactones) is 1. The number of alkyl halides is 3. The highest BCUT2D eigenvalue weighted by atomic mass is 32.2. The molecule has 1 amide bonds. The minimum absolute atomic E-state index is 0.0260. The molecule has 3 fully saturated rings. The molecule has 16 nitrogen and oxygen atoms in total. The molecule has 2 N–H and O–H groups in total. The summed E-state index contributed by atoms with van der Waals surface area (Å²) in [6.07, 6.45) is 5.37. The van der Waals surface area contributed by atoms with Crippen molar-refractivity contribution < 1.29 is 83.6 Å². The minimum atomic E-state index is -5.92. The Kier molecular flexibility index (Phi) is 22.4. The summed E-state index contributed by atoms with van der Waals surface area (Å²) in [4.78, 5) is 71.8. The molecule has 3 heterocycles. The van der Waals surface area contributed by atoms with E-state index in [1.165, 1.54) is 27.4 Å². The van der Waals surface area contributed by atoms with Crippen molar-refractivity contribution in [1.29, 1.82) is 0 Å². The minimum Gasteiger partial charge on any atom is -0.460 e. The van der Waals surface area contributed by atoms with Crippen LogP contribution in [-0.4, -0.2) is 141 Å². The number of ketones is 3. The SMILES string of the molecule is C=C1CC[C@H]2C[C@H](OC)/C(C)=C/C=C/C=C/[C@@H](C)C[C@@H](C)C(=O)[C@H](OC)C(O)/C(C)=C/[C@@H](C)C(=O)C[C@@H]([C@@H](C)CC3CCC(OS(=O)(=O)C(F)(F)F)C(OC)C3)OC(=O)[C@@H]3CCCCN3C(=O)C(=O)[C@]1(O)O2. The van der Waals surface area contributed by atoms with E-state index in [1.54, 1.807) is 27.7 Å². The summed E-state index contributed by atoms with van der Waals surface area (Å²) in [6.45, 7) is 14.3. The third-order valence-corrected chi connectivity index (χ3v) is 15.7. The van der Waals surface area contributed by atoms with Crippen molar-refractivity contribution >= 4 is 39.3 Å². The van der Waals surface area contributed by atoms with Crippen LogP contribution in [-0.2, 0) is 62.0 Å². The number of halogens is 3. The van der Waals surface area contributed by atoms with E-state index < -0.39 is 111 Å². The van der Waals surface area contributed by atoms with E-state index in [-0.39, 0.29) is 86.7 Å². The smallest absolute Gasteiger partial charge is 0.460 e. The maximum atomic E-state index is 14.4. The van der Waals surface area contributed by atoms with Crippen LogP contribution in [0.1, 0.15) is 119 Å². The lowest BCUT2D eigenvalue weighted by Crippen LogP contribution is -2.59. The van der Waals surface area contributed by atoms with E-state index in [2.05, 4.69) is 10.8 Å². The van der Waals surface area contributed by atoms with Gasteiger partial charge in [0.05, 0.1) is 18.3 Å². The van der Waals surface area contributed by atoms with Crippen LogP contribution in [0.5, 0.6) is 0 Å². The summed E-state index contributed by atoms with van der Waals surface area (Å²) in [5, 5.41) is 23.3. The first-order chi connectivity index (χ1) is 33.7. The molecule has 2 saturated heterocycles. The van der Waals surface area contributed by atoms with Crippen LogP contribution >= 0.6 is 0 Å². The molecule has 4 rings (SSSR count). The Morgan fingerprint density at radius 1 is 0.903 bits per heavy atom. The number of nitrogens with zero attached hydrogens (tertiary/aromatic N) is 1. The van der Waals surface area contributed by atoms with E-state index in [1.807, 2.05) is 44.2 Å². The van der Waals surface area contributed by atoms with E-state index in [0.717, 1.165) is 10.5 Å². The zero-order chi connectivity index (χ0) is 53.9. The summed E-state index contributed by atoms with van der Waals surface area (Å²) in [6, 6.07) is -1.31. The van der Waals surface area contributed by atoms with Gasteiger partial charge < -0.3 is 38.8 Å². The summed E-state index contributed by atoms with van der Waals surface area (Å²) in [7, 11) is -1.86. The Morgan fingerprint density at radius 3 is 2.24 bits per heavy atom. The van der Waals surface area contributed by atoms with Crippen molar-refractivity contribution in [1.82, 2.24) is 4.90 Å². The van der Waals surface area contributed by atoms with E-state index in [0.29, 0.717) is 25.7 Å². The van der Waals surface area contributed by atoms with Gasteiger partial charge in [0.1, 0.15) is 36.2 Å². The number of allylic oxidation sites excluding steroid dienone is 6. The molecule has 0 aromatic rings. The monoisotopic (exact) mass is 1040 g/mol. The first-order valence-corrected chi connectivity index (χ1v) is 26.3. The van der Waals surface area contributed by atoms with Crippen LogP contribution in [0.4, 0.5) is 13.2 Å². The fraction of sp³-hybridized carbons (Fsp3) is 0.712. The zero-order valence-corrected chi connectivity index (χ0v) is 43.9. The first-order valence-electron chi connectivity index (χ1n) is 24.9. The van der Waals surface area contributed by atoms with Crippen LogP contribution in [0.25, 0.3) is 0 Å². The van der Waals surface area contributed by atoms with Crippen LogP contribution < -0.4 is 0 Å². The molecule has 406 valence electrons. The molecule has 2 bridgehead atoms. The Hall–Kier alpha value is -3.89. The number of aliphatic hydroxyl groups excluding tert-OH is 1. The fourth-order valence-corrected chi connectivity index (χ4v) is 10.8. The maximum Gasteiger partial charge on any atom is 0.523 e. The highest BCUT2D eigenvalue weighted by Gasteiger charge is 2.53. The standard InChI is InChI=1S/C52H76F3NO15S/c1-30-16-12-11-13-17-31(2)42(66-8)28-38-21-19-36(7)51(63,70-38)48(60)49(61)56-23-15-14-18-39(56)50(62)69-43(29-40(57)32(3)25-35(6)46(59)47(68-10)45(58)34(5)24-30)33(4)26-37-20-22-41(44(27-37)67-9)71-72(64,65)52(53,54)55/h11-13,16-17,25,30,32-34,37-39,41-44,46-47,59,63H,7,14-15,18-24,26-29H2,1-6,8-10H3/b13-11+,16-12+,31-17+,35-25+/t30-,32-,33+,34-,37?,38+,39+,41?,42+,43+,44?,46?,47+,51-/m1/s1. The number of ether oxygens (including phenoxy) is 5. The lowest BCUT2D eigenvalue weighted by molar-refractivity contribution is -0.221. The number of esters is 1. The summed E-state index contributed by atoms with van der Waals surface area (Å²) in [5.41, 5.74) is -4.58. The molecular weight excluding hydrogens is 968 g/mol. The average Bonchev–Trinajstić information content (AvgIpc) is 3.32. The van der Waals surface area contributed by atoms with Gasteiger partial charge >= 0.3 is 21.6 Å². The van der Waals surface area contributed by atoms with Crippen molar-refractivity contribution in [2.24, 2.45) is 29.6 Å². The number of carbonyl (C=O) groups excluding carboxylic acids is 5. The lowest BCUT2D eigenvalue weighted by Gasteiger charge is -2.41. The molecule has 72 heavy (non-hydrogen) atoms. The van der Waals surface area contributed by atoms with Crippen molar-refractivity contribution in [2.45, 2.75) is 179 Å². The van der Waals surface area contributed by atoms with E-state index in [4.69, 9.17) is 23.7 Å². The second kappa shape index (κ2) is 26.5. The van der Waals surface area contributed by atoms with Gasteiger partial charge in [-0.05, 0) is 113 Å². The predicted octanol–water partition coefficient (Wildman–Crippen LogP) is 6.97. The Morgan fingerprint density at radius 2 is 1.60 bits per heavy atom. The number of methoxy groups -OCH3 is 3. The van der Waals surface area contributed by atoms with Gasteiger partial charge in [0, 0.05) is 52.6 Å². The van der Waals surface area contributed by atoms with Crippen LogP contribution in [0.3, 0.4) is 0 Å². The normalized spacial score (nSPS) is 37.1. The molecule has 0 spiro atoms. The number of hydrogen-bond acceptors (Lipinski definition) is 15. The third-order valence-electron chi connectivity index (χ3n) is 14.6. The lowest BCUT2D eigenvalue weighted by atomic mass is 9.78. The van der Waals surface area contributed by atoms with Gasteiger partial charge in [-0.15, -0.1) is 0 Å². The molecule has 0 aromatic heterocycles. The van der Waals surface area contributed by atoms with Gasteiger partial charge in [-0.1, -0.05) is 70.7 Å². The van der Waals surface area contributed by atoms with E-state index >= 15 is 0 Å². The molecule has 4 unspecified atom stereocenters. The van der Waals surface area contributed by atoms with Gasteiger partial charge in [-0.3, -0.25) is 23.4 Å². The first kappa shape index (κ1) is 60.7. The highest BCUT2D eigenvalue weighted by Crippen LogP contribution is 2.39. The largest absolute Gasteiger partial charge is 0.523 e. The Labute approximate surface area is 422 Å². The molecule has 0 aromatic carbocycles. The summed E-state index contributed by atoms with van der Waals surface area (Å²) >= 11 is 0. The number of piperidine rings is 1. The van der Waals surface area contributed by atoms with Crippen molar-refractivity contribution in [3.8, 4) is 0 Å². The van der Waals surface area contributed by atoms with E-state index in [9.17, 15) is 55.8 Å². The number of amides is 1. The molecule has 1 saturated carbocycles. The molecule has 4 aliphatic rings. The van der Waals surface area contributed by atoms with Crippen molar-refractivity contribution in [3.05, 3.63) is 59.8 Å². The second-order valence-corrected chi connectivity index (χ2v) is 21.7. The molecule has 0 radical (unpaired) electrons. The summed E-state index contributed by atoms with van der Waals surface area (Å²) < 4.78 is 97.0. The van der Waals surface area contributed by atoms with Crippen LogP contribution in [0.15, 0.2) is 59.8 Å². The third kappa shape index (κ3) is 15.6. The van der Waals surface area contributed by atoms with Crippen molar-refractivity contribution in [3.63, 3.8) is 0 Å². The van der Waals surface area contributed by atoms with Crippen LogP contribution in [0.2, 0.25) is 0 Å². The quantitative estimate of drug-likeness (QED) is 0.0824. The fourth-order valence-electron chi connectivity index (χ4n) is 10.2. The molecule has 3 aliphatic heterocycles. The number of hydrogen-bond donors (Lipinski definition) is 2. The molecule has 20 heteroatoms. The van der Waals surface area contributed by atoms with Crippen molar-refractivity contribution in [2.75, 3.05) is 27.9 Å². The maximum absolute atomic E-state index is 14.4. The molecule has 1 aliphatic carbocycles. The predicted molar refractivity (Wildman–Crippen MR) is 259 cm³/mol. The molecular formula is C52H76F3NO15S. The molecule has 14 atom stereocenters. The topological polar surface area (TPSA) is 219 Å². The Balaban J connectivity index is 1.71. The van der Waals surface area contributed by atoms with Gasteiger partial charge in [0.25, 0.3) is 17.5 Å². The number of Topliss-reactive ketones (excluding diaryl/α,β-unsaturated/α-hetero) is 3. The Bertz CT molecular complexity index is 2170. The van der Waals surface area contributed by atoms with Gasteiger partial charge in [0.2, 0.25) is 0 Å². The van der Waals surface area contributed by atoms with Gasteiger partial charge in [0.15, 0.2) is 5.78 Å².